The fourth-order valence-corrected chi connectivity index (χ4v) is 2.45. The Morgan fingerprint density at radius 2 is 1.95 bits per heavy atom. The molecule has 1 fully saturated rings. The van der Waals surface area contributed by atoms with Gasteiger partial charge in [0.05, 0.1) is 11.9 Å². The third-order valence-corrected chi connectivity index (χ3v) is 3.79. The molecule has 0 unspecified atom stereocenters. The fourth-order valence-electron chi connectivity index (χ4n) is 2.45. The lowest BCUT2D eigenvalue weighted by Gasteiger charge is -2.33. The molecule has 1 aromatic carbocycles. The van der Waals surface area contributed by atoms with Gasteiger partial charge in [0.25, 0.3) is 0 Å². The van der Waals surface area contributed by atoms with Crippen molar-refractivity contribution in [1.29, 1.82) is 0 Å². The minimum atomic E-state index is -0.320. The highest BCUT2D eigenvalue weighted by atomic mass is 19.1. The van der Waals surface area contributed by atoms with Crippen LogP contribution in [0, 0.1) is 5.82 Å². The summed E-state index contributed by atoms with van der Waals surface area (Å²) in [5.74, 6) is 0.754. The second kappa shape index (κ2) is 6.65. The van der Waals surface area contributed by atoms with Crippen LogP contribution in [0.1, 0.15) is 6.92 Å². The summed E-state index contributed by atoms with van der Waals surface area (Å²) >= 11 is 0. The average molecular weight is 302 g/mol. The van der Waals surface area contributed by atoms with Crippen LogP contribution in [0.3, 0.4) is 0 Å². The molecule has 6 nitrogen and oxygen atoms in total. The summed E-state index contributed by atoms with van der Waals surface area (Å²) in [7, 11) is 0. The van der Waals surface area contributed by atoms with Crippen molar-refractivity contribution in [2.45, 2.75) is 6.92 Å². The molecule has 1 aliphatic heterocycles. The number of rotatable bonds is 4. The first-order chi connectivity index (χ1) is 10.8. The Balaban J connectivity index is 1.72. The quantitative estimate of drug-likeness (QED) is 0.931. The largest absolute Gasteiger partial charge is 0.337 e. The van der Waals surface area contributed by atoms with Crippen molar-refractivity contribution >= 4 is 17.5 Å². The van der Waals surface area contributed by atoms with E-state index < -0.39 is 0 Å². The van der Waals surface area contributed by atoms with E-state index in [4.69, 9.17) is 0 Å². The van der Waals surface area contributed by atoms with Gasteiger partial charge in [-0.2, -0.15) is 10.1 Å². The molecule has 22 heavy (non-hydrogen) atoms. The number of aromatic nitrogens is 3. The Hall–Kier alpha value is -2.28. The highest BCUT2D eigenvalue weighted by Gasteiger charge is 2.18. The Bertz CT molecular complexity index is 627. The van der Waals surface area contributed by atoms with Gasteiger partial charge in [0.15, 0.2) is 5.82 Å². The van der Waals surface area contributed by atoms with Crippen molar-refractivity contribution in [2.75, 3.05) is 42.9 Å². The van der Waals surface area contributed by atoms with Crippen molar-refractivity contribution in [3.63, 3.8) is 0 Å². The number of anilines is 3. The number of benzene rings is 1. The van der Waals surface area contributed by atoms with Crippen molar-refractivity contribution in [3.05, 3.63) is 36.3 Å². The SMILES string of the molecule is CCN1CCN(c2nncc(Nc3ccccc3F)n2)CC1. The molecule has 3 rings (SSSR count). The third kappa shape index (κ3) is 3.30. The standard InChI is InChI=1S/C15H19FN6/c1-2-21-7-9-22(10-8-21)15-19-14(11-17-20-15)18-13-6-4-3-5-12(13)16/h3-6,11H,2,7-10H2,1H3,(H,18,19,20). The van der Waals surface area contributed by atoms with Gasteiger partial charge in [0, 0.05) is 26.2 Å². The fraction of sp³-hybridized carbons (Fsp3) is 0.400. The van der Waals surface area contributed by atoms with Crippen LogP contribution in [0.2, 0.25) is 0 Å². The van der Waals surface area contributed by atoms with Crippen LogP contribution in [-0.4, -0.2) is 52.8 Å². The number of para-hydroxylation sites is 1. The molecule has 0 spiro atoms. The number of halogens is 1. The van der Waals surface area contributed by atoms with E-state index in [0.29, 0.717) is 17.5 Å². The second-order valence-electron chi connectivity index (χ2n) is 5.17. The van der Waals surface area contributed by atoms with Gasteiger partial charge in [0.2, 0.25) is 5.95 Å². The van der Waals surface area contributed by atoms with E-state index >= 15 is 0 Å². The first kappa shape index (κ1) is 14.6. The predicted molar refractivity (Wildman–Crippen MR) is 83.8 cm³/mol. The molecule has 0 amide bonds. The van der Waals surface area contributed by atoms with Crippen molar-refractivity contribution < 1.29 is 4.39 Å². The van der Waals surface area contributed by atoms with Gasteiger partial charge in [-0.3, -0.25) is 0 Å². The van der Waals surface area contributed by atoms with Gasteiger partial charge in [-0.1, -0.05) is 19.1 Å². The maximum Gasteiger partial charge on any atom is 0.247 e. The predicted octanol–water partition coefficient (Wildman–Crippen LogP) is 1.90. The lowest BCUT2D eigenvalue weighted by Crippen LogP contribution is -2.46. The molecular formula is C15H19FN6. The Kier molecular flexibility index (Phi) is 4.43. The molecule has 0 atom stereocenters. The average Bonchev–Trinajstić information content (AvgIpc) is 2.57. The van der Waals surface area contributed by atoms with Crippen molar-refractivity contribution in [3.8, 4) is 0 Å². The topological polar surface area (TPSA) is 57.2 Å². The van der Waals surface area contributed by atoms with Crippen LogP contribution in [0.15, 0.2) is 30.5 Å². The monoisotopic (exact) mass is 302 g/mol. The molecular weight excluding hydrogens is 283 g/mol. The zero-order chi connectivity index (χ0) is 15.4. The van der Waals surface area contributed by atoms with E-state index in [-0.39, 0.29) is 5.82 Å². The number of hydrogen-bond donors (Lipinski definition) is 1. The number of nitrogens with zero attached hydrogens (tertiary/aromatic N) is 5. The molecule has 1 aromatic heterocycles. The first-order valence-electron chi connectivity index (χ1n) is 7.45. The maximum absolute atomic E-state index is 13.7. The van der Waals surface area contributed by atoms with Crippen LogP contribution < -0.4 is 10.2 Å². The van der Waals surface area contributed by atoms with E-state index in [1.54, 1.807) is 18.2 Å². The molecule has 1 saturated heterocycles. The number of likely N-dealkylation sites (N-methyl/N-ethyl adjacent to an activating group) is 1. The summed E-state index contributed by atoms with van der Waals surface area (Å²) < 4.78 is 13.7. The Morgan fingerprint density at radius 3 is 2.68 bits per heavy atom. The molecule has 1 aliphatic rings. The number of piperazine rings is 1. The van der Waals surface area contributed by atoms with Gasteiger partial charge in [-0.25, -0.2) is 4.39 Å². The highest BCUT2D eigenvalue weighted by Crippen LogP contribution is 2.19. The summed E-state index contributed by atoms with van der Waals surface area (Å²) in [6.07, 6.45) is 1.50. The summed E-state index contributed by atoms with van der Waals surface area (Å²) in [5.41, 5.74) is 0.379. The lowest BCUT2D eigenvalue weighted by atomic mass is 10.3. The van der Waals surface area contributed by atoms with Crippen LogP contribution in [-0.2, 0) is 0 Å². The lowest BCUT2D eigenvalue weighted by molar-refractivity contribution is 0.269. The van der Waals surface area contributed by atoms with Gasteiger partial charge in [-0.05, 0) is 18.7 Å². The minimum Gasteiger partial charge on any atom is -0.337 e. The Labute approximate surface area is 129 Å². The molecule has 116 valence electrons. The molecule has 0 radical (unpaired) electrons. The molecule has 0 saturated carbocycles. The molecule has 2 heterocycles. The molecule has 0 bridgehead atoms. The number of nitrogens with one attached hydrogen (secondary N) is 1. The van der Waals surface area contributed by atoms with Crippen LogP contribution in [0.4, 0.5) is 21.8 Å². The van der Waals surface area contributed by atoms with E-state index in [1.807, 2.05) is 0 Å². The van der Waals surface area contributed by atoms with E-state index in [2.05, 4.69) is 37.2 Å². The first-order valence-corrected chi connectivity index (χ1v) is 7.45. The maximum atomic E-state index is 13.7. The molecule has 1 N–H and O–H groups in total. The Morgan fingerprint density at radius 1 is 1.18 bits per heavy atom. The van der Waals surface area contributed by atoms with Crippen molar-refractivity contribution in [1.82, 2.24) is 20.1 Å². The van der Waals surface area contributed by atoms with E-state index in [9.17, 15) is 4.39 Å². The van der Waals surface area contributed by atoms with Crippen LogP contribution in [0.5, 0.6) is 0 Å². The molecule has 2 aromatic rings. The minimum absolute atomic E-state index is 0.320. The second-order valence-corrected chi connectivity index (χ2v) is 5.17. The summed E-state index contributed by atoms with van der Waals surface area (Å²) in [6, 6.07) is 6.49. The summed E-state index contributed by atoms with van der Waals surface area (Å²) in [6.45, 7) is 6.95. The van der Waals surface area contributed by atoms with Crippen LogP contribution in [0.25, 0.3) is 0 Å². The van der Waals surface area contributed by atoms with Crippen molar-refractivity contribution in [2.24, 2.45) is 0 Å². The zero-order valence-electron chi connectivity index (χ0n) is 12.5. The smallest absolute Gasteiger partial charge is 0.247 e. The molecule has 0 aliphatic carbocycles. The normalized spacial score (nSPS) is 15.8. The summed E-state index contributed by atoms with van der Waals surface area (Å²) in [4.78, 5) is 8.92. The van der Waals surface area contributed by atoms with E-state index in [1.165, 1.54) is 12.3 Å². The number of hydrogen-bond acceptors (Lipinski definition) is 6. The zero-order valence-corrected chi connectivity index (χ0v) is 12.5. The summed E-state index contributed by atoms with van der Waals surface area (Å²) in [5, 5.41) is 11.0. The van der Waals surface area contributed by atoms with E-state index in [0.717, 1.165) is 32.7 Å². The highest BCUT2D eigenvalue weighted by molar-refractivity contribution is 5.56. The molecule has 7 heteroatoms. The van der Waals surface area contributed by atoms with Gasteiger partial charge < -0.3 is 15.1 Å². The third-order valence-electron chi connectivity index (χ3n) is 3.79. The van der Waals surface area contributed by atoms with Gasteiger partial charge in [0.1, 0.15) is 5.82 Å². The van der Waals surface area contributed by atoms with Gasteiger partial charge in [-0.15, -0.1) is 5.10 Å². The van der Waals surface area contributed by atoms with Crippen LogP contribution >= 0.6 is 0 Å². The van der Waals surface area contributed by atoms with Gasteiger partial charge >= 0.3 is 0 Å².